The van der Waals surface area contributed by atoms with E-state index in [0.717, 1.165) is 36.6 Å². The summed E-state index contributed by atoms with van der Waals surface area (Å²) in [6.45, 7) is 5.11. The van der Waals surface area contributed by atoms with Crippen LogP contribution < -0.4 is 15.4 Å². The number of hydrogen-bond acceptors (Lipinski definition) is 2. The predicted molar refractivity (Wildman–Crippen MR) is 123 cm³/mol. The number of benzene rings is 2. The van der Waals surface area contributed by atoms with Gasteiger partial charge in [0.1, 0.15) is 5.75 Å². The predicted octanol–water partition coefficient (Wildman–Crippen LogP) is 7.41. The van der Waals surface area contributed by atoms with Crippen molar-refractivity contribution in [1.29, 1.82) is 0 Å². The average Bonchev–Trinajstić information content (AvgIpc) is 2.74. The normalized spacial score (nSPS) is 10.6. The van der Waals surface area contributed by atoms with Crippen molar-refractivity contribution in [3.8, 4) is 5.75 Å². The minimum Gasteiger partial charge on any atom is -0.494 e. The Morgan fingerprint density at radius 1 is 0.724 bits per heavy atom. The molecule has 2 aromatic carbocycles. The summed E-state index contributed by atoms with van der Waals surface area (Å²) in [6, 6.07) is 15.2. The van der Waals surface area contributed by atoms with E-state index in [1.165, 1.54) is 50.5 Å². The van der Waals surface area contributed by atoms with Crippen LogP contribution in [0.1, 0.15) is 70.8 Å². The Hall–Kier alpha value is -2.49. The molecule has 0 unspecified atom stereocenters. The van der Waals surface area contributed by atoms with Gasteiger partial charge in [0.25, 0.3) is 0 Å². The summed E-state index contributed by atoms with van der Waals surface area (Å²) in [6.07, 6.45) is 11.3. The van der Waals surface area contributed by atoms with Gasteiger partial charge < -0.3 is 15.4 Å². The lowest BCUT2D eigenvalue weighted by atomic mass is 10.1. The second-order valence-corrected chi connectivity index (χ2v) is 7.48. The van der Waals surface area contributed by atoms with Crippen LogP contribution in [0.15, 0.2) is 48.5 Å². The smallest absolute Gasteiger partial charge is 0.323 e. The first-order chi connectivity index (χ1) is 14.2. The van der Waals surface area contributed by atoms with Crippen LogP contribution in [0.4, 0.5) is 16.2 Å². The number of aryl methyl sites for hydroxylation is 1. The second-order valence-electron chi connectivity index (χ2n) is 7.48. The van der Waals surface area contributed by atoms with E-state index >= 15 is 0 Å². The fourth-order valence-corrected chi connectivity index (χ4v) is 3.18. The van der Waals surface area contributed by atoms with E-state index < -0.39 is 0 Å². The Morgan fingerprint density at radius 3 is 1.79 bits per heavy atom. The summed E-state index contributed by atoms with van der Waals surface area (Å²) in [5, 5.41) is 5.69. The van der Waals surface area contributed by atoms with Crippen molar-refractivity contribution < 1.29 is 9.53 Å². The SMILES string of the molecule is CCCCCCCCCCOc1ccc(NC(=O)Nc2ccc(CC)cc2)cc1. The number of ether oxygens (including phenoxy) is 1. The van der Waals surface area contributed by atoms with Crippen molar-refractivity contribution >= 4 is 17.4 Å². The number of rotatable bonds is 13. The Balaban J connectivity index is 1.61. The Labute approximate surface area is 176 Å². The first-order valence-corrected chi connectivity index (χ1v) is 11.1. The van der Waals surface area contributed by atoms with Gasteiger partial charge in [-0.05, 0) is 54.8 Å². The van der Waals surface area contributed by atoms with Crippen LogP contribution in [0, 0.1) is 0 Å². The van der Waals surface area contributed by atoms with Gasteiger partial charge in [0.2, 0.25) is 0 Å². The highest BCUT2D eigenvalue weighted by atomic mass is 16.5. The molecule has 0 aliphatic carbocycles. The lowest BCUT2D eigenvalue weighted by molar-refractivity contribution is 0.262. The van der Waals surface area contributed by atoms with Crippen molar-refractivity contribution in [1.82, 2.24) is 0 Å². The van der Waals surface area contributed by atoms with Gasteiger partial charge in [-0.2, -0.15) is 0 Å². The van der Waals surface area contributed by atoms with E-state index in [1.54, 1.807) is 0 Å². The molecule has 2 amide bonds. The molecule has 0 aliphatic heterocycles. The lowest BCUT2D eigenvalue weighted by Crippen LogP contribution is -2.19. The first kappa shape index (κ1) is 22.8. The fraction of sp³-hybridized carbons (Fsp3) is 0.480. The minimum atomic E-state index is -0.248. The van der Waals surface area contributed by atoms with Crippen LogP contribution in [0.2, 0.25) is 0 Å². The van der Waals surface area contributed by atoms with Crippen LogP contribution in [0.5, 0.6) is 5.75 Å². The quantitative estimate of drug-likeness (QED) is 0.346. The molecule has 0 aromatic heterocycles. The molecule has 0 saturated carbocycles. The van der Waals surface area contributed by atoms with Crippen LogP contribution in [0.3, 0.4) is 0 Å². The summed E-state index contributed by atoms with van der Waals surface area (Å²) < 4.78 is 5.80. The van der Waals surface area contributed by atoms with E-state index in [0.29, 0.717) is 0 Å². The average molecular weight is 397 g/mol. The maximum atomic E-state index is 12.1. The highest BCUT2D eigenvalue weighted by molar-refractivity contribution is 5.99. The zero-order valence-electron chi connectivity index (χ0n) is 18.0. The molecule has 0 spiro atoms. The largest absolute Gasteiger partial charge is 0.494 e. The fourth-order valence-electron chi connectivity index (χ4n) is 3.18. The number of carbonyl (C=O) groups is 1. The maximum Gasteiger partial charge on any atom is 0.323 e. The molecule has 0 saturated heterocycles. The van der Waals surface area contributed by atoms with Gasteiger partial charge in [-0.3, -0.25) is 0 Å². The van der Waals surface area contributed by atoms with Gasteiger partial charge in [0.15, 0.2) is 0 Å². The van der Waals surface area contributed by atoms with Crippen molar-refractivity contribution in [3.05, 3.63) is 54.1 Å². The number of nitrogens with one attached hydrogen (secondary N) is 2. The topological polar surface area (TPSA) is 50.4 Å². The highest BCUT2D eigenvalue weighted by Crippen LogP contribution is 2.17. The molecule has 29 heavy (non-hydrogen) atoms. The standard InChI is InChI=1S/C25H36N2O2/c1-3-5-6-7-8-9-10-11-20-29-24-18-16-23(17-19-24)27-25(28)26-22-14-12-21(4-2)13-15-22/h12-19H,3-11,20H2,1-2H3,(H2,26,27,28). The molecular formula is C25H36N2O2. The van der Waals surface area contributed by atoms with E-state index in [4.69, 9.17) is 4.74 Å². The zero-order chi connectivity index (χ0) is 20.7. The Bertz CT molecular complexity index is 696. The molecule has 2 N–H and O–H groups in total. The molecule has 0 heterocycles. The van der Waals surface area contributed by atoms with Gasteiger partial charge in [-0.15, -0.1) is 0 Å². The third-order valence-corrected chi connectivity index (χ3v) is 5.00. The van der Waals surface area contributed by atoms with E-state index in [1.807, 2.05) is 48.5 Å². The minimum absolute atomic E-state index is 0.248. The lowest BCUT2D eigenvalue weighted by Gasteiger charge is -2.10. The van der Waals surface area contributed by atoms with Crippen molar-refractivity contribution in [2.75, 3.05) is 17.2 Å². The van der Waals surface area contributed by atoms with Crippen molar-refractivity contribution in [3.63, 3.8) is 0 Å². The highest BCUT2D eigenvalue weighted by Gasteiger charge is 2.03. The number of urea groups is 1. The van der Waals surface area contributed by atoms with Crippen LogP contribution >= 0.6 is 0 Å². The molecule has 0 bridgehead atoms. The molecule has 0 aliphatic rings. The van der Waals surface area contributed by atoms with Gasteiger partial charge in [-0.1, -0.05) is 70.9 Å². The molecule has 4 heteroatoms. The molecule has 0 fully saturated rings. The molecule has 0 radical (unpaired) electrons. The van der Waals surface area contributed by atoms with Gasteiger partial charge in [0.05, 0.1) is 6.61 Å². The molecule has 4 nitrogen and oxygen atoms in total. The van der Waals surface area contributed by atoms with Crippen molar-refractivity contribution in [2.45, 2.75) is 71.6 Å². The number of anilines is 2. The summed E-state index contributed by atoms with van der Waals surface area (Å²) >= 11 is 0. The number of amides is 2. The van der Waals surface area contributed by atoms with Gasteiger partial charge in [0, 0.05) is 11.4 Å². The Kier molecular flexibility index (Phi) is 10.7. The number of unbranched alkanes of at least 4 members (excludes halogenated alkanes) is 7. The zero-order valence-corrected chi connectivity index (χ0v) is 18.0. The second kappa shape index (κ2) is 13.6. The molecule has 158 valence electrons. The number of carbonyl (C=O) groups excluding carboxylic acids is 1. The first-order valence-electron chi connectivity index (χ1n) is 11.1. The van der Waals surface area contributed by atoms with Crippen LogP contribution in [-0.4, -0.2) is 12.6 Å². The maximum absolute atomic E-state index is 12.1. The summed E-state index contributed by atoms with van der Waals surface area (Å²) in [7, 11) is 0. The van der Waals surface area contributed by atoms with Crippen LogP contribution in [0.25, 0.3) is 0 Å². The molecular weight excluding hydrogens is 360 g/mol. The van der Waals surface area contributed by atoms with E-state index in [9.17, 15) is 4.79 Å². The summed E-state index contributed by atoms with van der Waals surface area (Å²) in [4.78, 5) is 12.1. The monoisotopic (exact) mass is 396 g/mol. The molecule has 2 rings (SSSR count). The van der Waals surface area contributed by atoms with E-state index in [-0.39, 0.29) is 6.03 Å². The number of hydrogen-bond donors (Lipinski definition) is 2. The molecule has 2 aromatic rings. The van der Waals surface area contributed by atoms with Crippen LogP contribution in [-0.2, 0) is 6.42 Å². The van der Waals surface area contributed by atoms with E-state index in [2.05, 4.69) is 24.5 Å². The molecule has 0 atom stereocenters. The third-order valence-electron chi connectivity index (χ3n) is 5.00. The van der Waals surface area contributed by atoms with Gasteiger partial charge in [-0.25, -0.2) is 4.79 Å². The van der Waals surface area contributed by atoms with Gasteiger partial charge >= 0.3 is 6.03 Å². The summed E-state index contributed by atoms with van der Waals surface area (Å²) in [5.41, 5.74) is 2.77. The third kappa shape index (κ3) is 9.51. The Morgan fingerprint density at radius 2 is 1.24 bits per heavy atom. The van der Waals surface area contributed by atoms with Crippen molar-refractivity contribution in [2.24, 2.45) is 0 Å². The summed E-state index contributed by atoms with van der Waals surface area (Å²) in [5.74, 6) is 0.842.